The van der Waals surface area contributed by atoms with Gasteiger partial charge in [0.25, 0.3) is 0 Å². The van der Waals surface area contributed by atoms with E-state index in [0.29, 0.717) is 30.6 Å². The number of hydrogen-bond acceptors (Lipinski definition) is 4. The Balaban J connectivity index is 1.52. The van der Waals surface area contributed by atoms with Gasteiger partial charge in [-0.3, -0.25) is 9.59 Å². The quantitative estimate of drug-likeness (QED) is 0.605. The van der Waals surface area contributed by atoms with Gasteiger partial charge in [-0.1, -0.05) is 85.8 Å². The molecular formula is C25H27N3O2S. The van der Waals surface area contributed by atoms with Crippen LogP contribution in [0.5, 0.6) is 0 Å². The van der Waals surface area contributed by atoms with Crippen molar-refractivity contribution in [1.29, 1.82) is 0 Å². The number of nitrogens with zero attached hydrogens (tertiary/aromatic N) is 2. The maximum absolute atomic E-state index is 13.3. The van der Waals surface area contributed by atoms with Gasteiger partial charge in [0, 0.05) is 24.3 Å². The number of fused-ring (bicyclic) bond motifs is 1. The number of benzene rings is 2. The normalized spacial score (nSPS) is 13.4. The average Bonchev–Trinajstić information content (AvgIpc) is 3.16. The molecule has 0 bridgehead atoms. The molecular weight excluding hydrogens is 406 g/mol. The second-order valence-electron chi connectivity index (χ2n) is 8.30. The highest BCUT2D eigenvalue weighted by molar-refractivity contribution is 7.15. The summed E-state index contributed by atoms with van der Waals surface area (Å²) in [6, 6.07) is 19.6. The lowest BCUT2D eigenvalue weighted by Gasteiger charge is -2.26. The van der Waals surface area contributed by atoms with Crippen molar-refractivity contribution < 1.29 is 9.59 Å². The fraction of sp³-hybridized carbons (Fsp3) is 0.320. The molecule has 2 amide bonds. The van der Waals surface area contributed by atoms with Crippen molar-refractivity contribution in [2.45, 2.75) is 39.2 Å². The van der Waals surface area contributed by atoms with Gasteiger partial charge in [-0.25, -0.2) is 4.98 Å². The van der Waals surface area contributed by atoms with Crippen LogP contribution >= 0.6 is 11.3 Å². The minimum atomic E-state index is -0.410. The average molecular weight is 434 g/mol. The zero-order chi connectivity index (χ0) is 21.8. The molecule has 1 aromatic heterocycles. The number of anilines is 1. The fourth-order valence-corrected chi connectivity index (χ4v) is 4.93. The van der Waals surface area contributed by atoms with Gasteiger partial charge in [-0.2, -0.15) is 0 Å². The minimum absolute atomic E-state index is 0.101. The third kappa shape index (κ3) is 5.02. The molecule has 0 fully saturated rings. The van der Waals surface area contributed by atoms with Crippen LogP contribution in [-0.2, 0) is 22.6 Å². The third-order valence-electron chi connectivity index (χ3n) is 5.42. The summed E-state index contributed by atoms with van der Waals surface area (Å²) in [6.07, 6.45) is 1.29. The van der Waals surface area contributed by atoms with Crippen molar-refractivity contribution >= 4 is 28.3 Å². The molecule has 2 aromatic carbocycles. The summed E-state index contributed by atoms with van der Waals surface area (Å²) in [7, 11) is 0. The zero-order valence-corrected chi connectivity index (χ0v) is 18.7. The van der Waals surface area contributed by atoms with Crippen LogP contribution in [-0.4, -0.2) is 28.2 Å². The molecule has 0 atom stereocenters. The monoisotopic (exact) mass is 433 g/mol. The molecule has 0 aliphatic carbocycles. The second-order valence-corrected chi connectivity index (χ2v) is 9.38. The van der Waals surface area contributed by atoms with Crippen LogP contribution in [0, 0.1) is 5.92 Å². The van der Waals surface area contributed by atoms with Gasteiger partial charge < -0.3 is 10.2 Å². The topological polar surface area (TPSA) is 62.3 Å². The highest BCUT2D eigenvalue weighted by Crippen LogP contribution is 2.31. The highest BCUT2D eigenvalue weighted by Gasteiger charge is 2.27. The van der Waals surface area contributed by atoms with E-state index in [4.69, 9.17) is 0 Å². The molecule has 5 nitrogen and oxygen atoms in total. The first-order valence-electron chi connectivity index (χ1n) is 10.7. The van der Waals surface area contributed by atoms with Gasteiger partial charge in [0.15, 0.2) is 5.13 Å². The molecule has 6 heteroatoms. The molecule has 160 valence electrons. The second kappa shape index (κ2) is 9.43. The van der Waals surface area contributed by atoms with Crippen LogP contribution in [0.15, 0.2) is 60.7 Å². The summed E-state index contributed by atoms with van der Waals surface area (Å²) >= 11 is 1.47. The summed E-state index contributed by atoms with van der Waals surface area (Å²) in [4.78, 5) is 33.4. The highest BCUT2D eigenvalue weighted by atomic mass is 32.1. The standard InChI is InChI=1S/C25H27N3O2S/c1-17(2)15-22(29)28-14-13-20-21(16-28)31-25(26-20)27-24(30)23(18-9-5-3-6-10-18)19-11-7-4-8-12-19/h3-12,17,23H,13-16H2,1-2H3,(H,26,27,30). The first-order chi connectivity index (χ1) is 15.0. The number of thiazole rings is 1. The Morgan fingerprint density at radius 3 is 2.23 bits per heavy atom. The van der Waals surface area contributed by atoms with E-state index in [1.807, 2.05) is 65.6 Å². The Bertz CT molecular complexity index is 1010. The van der Waals surface area contributed by atoms with E-state index in [9.17, 15) is 9.59 Å². The molecule has 0 radical (unpaired) electrons. The van der Waals surface area contributed by atoms with Crippen molar-refractivity contribution in [3.05, 3.63) is 82.4 Å². The summed E-state index contributed by atoms with van der Waals surface area (Å²) in [5.41, 5.74) is 2.88. The van der Waals surface area contributed by atoms with Crippen LogP contribution in [0.3, 0.4) is 0 Å². The Morgan fingerprint density at radius 1 is 1.03 bits per heavy atom. The summed E-state index contributed by atoms with van der Waals surface area (Å²) < 4.78 is 0. The number of hydrogen-bond donors (Lipinski definition) is 1. The van der Waals surface area contributed by atoms with E-state index in [1.165, 1.54) is 11.3 Å². The number of carbonyl (C=O) groups excluding carboxylic acids is 2. The fourth-order valence-electron chi connectivity index (χ4n) is 3.90. The van der Waals surface area contributed by atoms with Gasteiger partial charge in [-0.15, -0.1) is 0 Å². The summed E-state index contributed by atoms with van der Waals surface area (Å²) in [5, 5.41) is 3.64. The van der Waals surface area contributed by atoms with Gasteiger partial charge in [0.1, 0.15) is 0 Å². The van der Waals surface area contributed by atoms with Crippen LogP contribution < -0.4 is 5.32 Å². The molecule has 1 aliphatic heterocycles. The van der Waals surface area contributed by atoms with Crippen LogP contribution in [0.4, 0.5) is 5.13 Å². The van der Waals surface area contributed by atoms with Gasteiger partial charge in [0.2, 0.25) is 11.8 Å². The zero-order valence-electron chi connectivity index (χ0n) is 17.9. The van der Waals surface area contributed by atoms with Crippen LogP contribution in [0.1, 0.15) is 47.9 Å². The molecule has 31 heavy (non-hydrogen) atoms. The molecule has 1 N–H and O–H groups in total. The van der Waals surface area contributed by atoms with Gasteiger partial charge in [0.05, 0.1) is 18.2 Å². The Kier molecular flexibility index (Phi) is 6.47. The van der Waals surface area contributed by atoms with Crippen LogP contribution in [0.25, 0.3) is 0 Å². The largest absolute Gasteiger partial charge is 0.337 e. The molecule has 0 saturated carbocycles. The molecule has 0 saturated heterocycles. The molecule has 1 aliphatic rings. The van der Waals surface area contributed by atoms with E-state index in [2.05, 4.69) is 24.1 Å². The van der Waals surface area contributed by atoms with Gasteiger partial charge in [-0.05, 0) is 17.0 Å². The Labute approximate surface area is 187 Å². The predicted molar refractivity (Wildman–Crippen MR) is 124 cm³/mol. The first kappa shape index (κ1) is 21.2. The Hall–Kier alpha value is -2.99. The lowest BCUT2D eigenvalue weighted by Crippen LogP contribution is -2.36. The maximum Gasteiger partial charge on any atom is 0.238 e. The molecule has 4 rings (SSSR count). The van der Waals surface area contributed by atoms with Crippen molar-refractivity contribution in [2.24, 2.45) is 5.92 Å². The van der Waals surface area contributed by atoms with Gasteiger partial charge >= 0.3 is 0 Å². The van der Waals surface area contributed by atoms with Crippen molar-refractivity contribution in [3.8, 4) is 0 Å². The van der Waals surface area contributed by atoms with E-state index >= 15 is 0 Å². The smallest absolute Gasteiger partial charge is 0.238 e. The summed E-state index contributed by atoms with van der Waals surface area (Å²) in [5.74, 6) is 0.0228. The molecule has 0 unspecified atom stereocenters. The molecule has 0 spiro atoms. The lowest BCUT2D eigenvalue weighted by atomic mass is 9.90. The third-order valence-corrected chi connectivity index (χ3v) is 6.42. The predicted octanol–water partition coefficient (Wildman–Crippen LogP) is 4.84. The molecule has 2 heterocycles. The SMILES string of the molecule is CC(C)CC(=O)N1CCc2nc(NC(=O)C(c3ccccc3)c3ccccc3)sc2C1. The number of aromatic nitrogens is 1. The molecule has 3 aromatic rings. The van der Waals surface area contributed by atoms with Crippen molar-refractivity contribution in [2.75, 3.05) is 11.9 Å². The van der Waals surface area contributed by atoms with Crippen LogP contribution in [0.2, 0.25) is 0 Å². The van der Waals surface area contributed by atoms with E-state index in [-0.39, 0.29) is 11.8 Å². The number of nitrogens with one attached hydrogen (secondary N) is 1. The first-order valence-corrected chi connectivity index (χ1v) is 11.5. The Morgan fingerprint density at radius 2 is 1.65 bits per heavy atom. The van der Waals surface area contributed by atoms with Crippen molar-refractivity contribution in [3.63, 3.8) is 0 Å². The number of rotatable bonds is 6. The van der Waals surface area contributed by atoms with Crippen molar-refractivity contribution in [1.82, 2.24) is 9.88 Å². The summed E-state index contributed by atoms with van der Waals surface area (Å²) in [6.45, 7) is 5.38. The number of amides is 2. The minimum Gasteiger partial charge on any atom is -0.337 e. The maximum atomic E-state index is 13.3. The lowest BCUT2D eigenvalue weighted by molar-refractivity contribution is -0.132. The van der Waals surface area contributed by atoms with E-state index in [1.54, 1.807) is 0 Å². The van der Waals surface area contributed by atoms with E-state index < -0.39 is 5.92 Å². The van der Waals surface area contributed by atoms with E-state index in [0.717, 1.165) is 28.1 Å². The number of carbonyl (C=O) groups is 2.